The van der Waals surface area contributed by atoms with Gasteiger partial charge in [0.05, 0.1) is 7.11 Å². The largest absolute Gasteiger partial charge is 0.497 e. The van der Waals surface area contributed by atoms with Crippen LogP contribution in [0.5, 0.6) is 11.5 Å². The van der Waals surface area contributed by atoms with E-state index in [1.165, 1.54) is 6.08 Å². The van der Waals surface area contributed by atoms with E-state index in [1.807, 2.05) is 61.5 Å². The summed E-state index contributed by atoms with van der Waals surface area (Å²) in [7, 11) is 1.57. The quantitative estimate of drug-likeness (QED) is 0.442. The van der Waals surface area contributed by atoms with Gasteiger partial charge in [0.1, 0.15) is 29.7 Å². The van der Waals surface area contributed by atoms with Crippen LogP contribution >= 0.6 is 0 Å². The maximum atomic E-state index is 12.6. The molecule has 5 nitrogen and oxygen atoms in total. The van der Waals surface area contributed by atoms with Gasteiger partial charge in [-0.2, -0.15) is 5.26 Å². The van der Waals surface area contributed by atoms with Crippen molar-refractivity contribution in [3.63, 3.8) is 0 Å². The fourth-order valence-electron chi connectivity index (χ4n) is 2.85. The maximum Gasteiger partial charge on any atom is 0.266 e. The van der Waals surface area contributed by atoms with Crippen LogP contribution in [0.1, 0.15) is 16.7 Å². The number of amides is 1. The molecule has 1 amide bonds. The Balaban J connectivity index is 1.85. The third-order valence-corrected chi connectivity index (χ3v) is 4.40. The van der Waals surface area contributed by atoms with Crippen LogP contribution in [0.2, 0.25) is 0 Å². The van der Waals surface area contributed by atoms with Crippen molar-refractivity contribution < 1.29 is 14.3 Å². The number of rotatable bonds is 7. The Kier molecular flexibility index (Phi) is 6.86. The molecular weight excluding hydrogens is 376 g/mol. The van der Waals surface area contributed by atoms with Gasteiger partial charge >= 0.3 is 0 Å². The average Bonchev–Trinajstić information content (AvgIpc) is 2.77. The second-order valence-corrected chi connectivity index (χ2v) is 6.67. The average molecular weight is 398 g/mol. The first kappa shape index (κ1) is 20.7. The molecule has 0 aromatic heterocycles. The summed E-state index contributed by atoms with van der Waals surface area (Å²) in [5.41, 5.74) is 3.25. The summed E-state index contributed by atoms with van der Waals surface area (Å²) in [6.45, 7) is 2.29. The number of methoxy groups -OCH3 is 1. The molecule has 0 fully saturated rings. The van der Waals surface area contributed by atoms with Crippen LogP contribution in [0.25, 0.3) is 6.08 Å². The van der Waals surface area contributed by atoms with Crippen molar-refractivity contribution in [2.75, 3.05) is 12.4 Å². The molecule has 1 N–H and O–H groups in total. The van der Waals surface area contributed by atoms with Crippen molar-refractivity contribution in [3.8, 4) is 17.6 Å². The third-order valence-electron chi connectivity index (χ3n) is 4.40. The summed E-state index contributed by atoms with van der Waals surface area (Å²) in [6, 6.07) is 24.4. The lowest BCUT2D eigenvalue weighted by molar-refractivity contribution is -0.112. The molecule has 0 saturated heterocycles. The van der Waals surface area contributed by atoms with Gasteiger partial charge in [-0.15, -0.1) is 0 Å². The highest BCUT2D eigenvalue weighted by Gasteiger charge is 2.12. The maximum absolute atomic E-state index is 12.6. The first-order valence-corrected chi connectivity index (χ1v) is 9.43. The molecule has 0 unspecified atom stereocenters. The minimum absolute atomic E-state index is 0.0220. The van der Waals surface area contributed by atoms with Crippen LogP contribution < -0.4 is 14.8 Å². The first-order chi connectivity index (χ1) is 14.6. The highest BCUT2D eigenvalue weighted by atomic mass is 16.5. The fourth-order valence-corrected chi connectivity index (χ4v) is 2.85. The Morgan fingerprint density at radius 3 is 2.57 bits per heavy atom. The monoisotopic (exact) mass is 398 g/mol. The number of aryl methyl sites for hydroxylation is 1. The van der Waals surface area contributed by atoms with Crippen LogP contribution in [-0.2, 0) is 11.4 Å². The molecule has 0 aliphatic carbocycles. The van der Waals surface area contributed by atoms with Gasteiger partial charge in [-0.25, -0.2) is 0 Å². The lowest BCUT2D eigenvalue weighted by Gasteiger charge is -2.12. The second-order valence-electron chi connectivity index (χ2n) is 6.67. The van der Waals surface area contributed by atoms with E-state index in [1.54, 1.807) is 31.4 Å². The Bertz CT molecular complexity index is 1100. The number of hydrogen-bond acceptors (Lipinski definition) is 4. The van der Waals surface area contributed by atoms with Gasteiger partial charge in [0.2, 0.25) is 0 Å². The molecule has 5 heteroatoms. The van der Waals surface area contributed by atoms with Crippen molar-refractivity contribution in [1.82, 2.24) is 0 Å². The smallest absolute Gasteiger partial charge is 0.266 e. The number of benzene rings is 3. The van der Waals surface area contributed by atoms with Gasteiger partial charge in [-0.3, -0.25) is 4.79 Å². The van der Waals surface area contributed by atoms with E-state index in [0.29, 0.717) is 29.4 Å². The van der Waals surface area contributed by atoms with Crippen LogP contribution in [0.4, 0.5) is 5.69 Å². The minimum Gasteiger partial charge on any atom is -0.497 e. The third kappa shape index (κ3) is 5.49. The molecule has 0 atom stereocenters. The summed E-state index contributed by atoms with van der Waals surface area (Å²) in [4.78, 5) is 12.6. The standard InChI is InChI=1S/C25H22N2O3/c1-18-7-6-10-22(13-18)27-25(28)21(16-26)14-20-11-12-23(29-2)15-24(20)30-17-19-8-4-3-5-9-19/h3-15H,17H2,1-2H3,(H,27,28)/b21-14+. The highest BCUT2D eigenvalue weighted by molar-refractivity contribution is 6.09. The molecule has 0 bridgehead atoms. The number of nitriles is 1. The molecule has 30 heavy (non-hydrogen) atoms. The fraction of sp³-hybridized carbons (Fsp3) is 0.120. The number of hydrogen-bond donors (Lipinski definition) is 1. The molecule has 3 aromatic carbocycles. The zero-order valence-corrected chi connectivity index (χ0v) is 16.9. The van der Waals surface area contributed by atoms with Crippen LogP contribution in [0.3, 0.4) is 0 Å². The summed E-state index contributed by atoms with van der Waals surface area (Å²) in [5, 5.41) is 12.3. The van der Waals surface area contributed by atoms with E-state index in [-0.39, 0.29) is 5.57 Å². The van der Waals surface area contributed by atoms with Gasteiger partial charge in [-0.1, -0.05) is 42.5 Å². The van der Waals surface area contributed by atoms with E-state index < -0.39 is 5.91 Å². The number of carbonyl (C=O) groups excluding carboxylic acids is 1. The number of nitrogens with one attached hydrogen (secondary N) is 1. The molecule has 150 valence electrons. The normalized spacial score (nSPS) is 10.8. The Morgan fingerprint density at radius 1 is 1.07 bits per heavy atom. The summed E-state index contributed by atoms with van der Waals surface area (Å²) < 4.78 is 11.2. The van der Waals surface area contributed by atoms with Gasteiger partial charge in [0.15, 0.2) is 0 Å². The van der Waals surface area contributed by atoms with Gasteiger partial charge in [-0.05, 0) is 48.4 Å². The van der Waals surface area contributed by atoms with Gasteiger partial charge in [0, 0.05) is 17.3 Å². The Labute approximate surface area is 176 Å². The van der Waals surface area contributed by atoms with E-state index >= 15 is 0 Å². The van der Waals surface area contributed by atoms with Crippen LogP contribution in [-0.4, -0.2) is 13.0 Å². The van der Waals surface area contributed by atoms with Crippen LogP contribution in [0.15, 0.2) is 78.4 Å². The van der Waals surface area contributed by atoms with Gasteiger partial charge < -0.3 is 14.8 Å². The lowest BCUT2D eigenvalue weighted by Crippen LogP contribution is -2.13. The van der Waals surface area contributed by atoms with E-state index in [2.05, 4.69) is 5.32 Å². The highest BCUT2D eigenvalue weighted by Crippen LogP contribution is 2.28. The lowest BCUT2D eigenvalue weighted by atomic mass is 10.1. The molecule has 3 aromatic rings. The SMILES string of the molecule is COc1ccc(/C=C(\C#N)C(=O)Nc2cccc(C)c2)c(OCc2ccccc2)c1. The number of nitrogens with zero attached hydrogens (tertiary/aromatic N) is 1. The van der Waals surface area contributed by atoms with Crippen molar-refractivity contribution in [3.05, 3.63) is 95.1 Å². The molecule has 0 radical (unpaired) electrons. The molecule has 3 rings (SSSR count). The number of carbonyl (C=O) groups is 1. The molecular formula is C25H22N2O3. The summed E-state index contributed by atoms with van der Waals surface area (Å²) >= 11 is 0. The predicted octanol–water partition coefficient (Wildman–Crippen LogP) is 5.13. The molecule has 0 heterocycles. The zero-order chi connectivity index (χ0) is 21.3. The topological polar surface area (TPSA) is 71.3 Å². The molecule has 0 aliphatic heterocycles. The summed E-state index contributed by atoms with van der Waals surface area (Å²) in [6.07, 6.45) is 1.52. The van der Waals surface area contributed by atoms with Crippen molar-refractivity contribution in [1.29, 1.82) is 5.26 Å². The second kappa shape index (κ2) is 9.94. The van der Waals surface area contributed by atoms with Crippen molar-refractivity contribution in [2.45, 2.75) is 13.5 Å². The Morgan fingerprint density at radius 2 is 1.87 bits per heavy atom. The Hall–Kier alpha value is -4.04. The molecule has 0 spiro atoms. The molecule has 0 aliphatic rings. The summed E-state index contributed by atoms with van der Waals surface area (Å²) in [5.74, 6) is 0.667. The number of ether oxygens (including phenoxy) is 2. The zero-order valence-electron chi connectivity index (χ0n) is 16.9. The van der Waals surface area contributed by atoms with Crippen LogP contribution in [0, 0.1) is 18.3 Å². The molecule has 0 saturated carbocycles. The first-order valence-electron chi connectivity index (χ1n) is 9.43. The minimum atomic E-state index is -0.479. The number of anilines is 1. The van der Waals surface area contributed by atoms with Crippen molar-refractivity contribution >= 4 is 17.7 Å². The van der Waals surface area contributed by atoms with Crippen molar-refractivity contribution in [2.24, 2.45) is 0 Å². The van der Waals surface area contributed by atoms with E-state index in [9.17, 15) is 10.1 Å². The van der Waals surface area contributed by atoms with E-state index in [0.717, 1.165) is 11.1 Å². The predicted molar refractivity (Wildman–Crippen MR) is 117 cm³/mol. The van der Waals surface area contributed by atoms with Gasteiger partial charge in [0.25, 0.3) is 5.91 Å². The van der Waals surface area contributed by atoms with E-state index in [4.69, 9.17) is 9.47 Å².